The maximum absolute atomic E-state index is 12.2. The van der Waals surface area contributed by atoms with Gasteiger partial charge >= 0.3 is 0 Å². The second-order valence-corrected chi connectivity index (χ2v) is 4.68. The minimum Gasteiger partial charge on any atom is -0.397 e. The summed E-state index contributed by atoms with van der Waals surface area (Å²) in [5.41, 5.74) is 6.56. The van der Waals surface area contributed by atoms with Crippen LogP contribution in [0.2, 0.25) is 0 Å². The lowest BCUT2D eigenvalue weighted by Crippen LogP contribution is -2.30. The molecular formula is C12H15N3OS. The number of hydrogen-bond acceptors (Lipinski definition) is 4. The Bertz CT molecular complexity index is 546. The summed E-state index contributed by atoms with van der Waals surface area (Å²) >= 11 is 1.36. The molecule has 0 unspecified atom stereocenters. The standard InChI is InChI=1S/C12H15N3OS/c1-3-15(4-2)12(16)10-9(13)8-6-5-7-14-11(8)17-10/h5-7H,3-4,13H2,1-2H3. The van der Waals surface area contributed by atoms with Crippen LogP contribution in [0.4, 0.5) is 5.69 Å². The first-order valence-corrected chi connectivity index (χ1v) is 6.42. The number of carbonyl (C=O) groups is 1. The Morgan fingerprint density at radius 2 is 2.18 bits per heavy atom. The maximum atomic E-state index is 12.2. The molecule has 0 aliphatic heterocycles. The van der Waals surface area contributed by atoms with Crippen molar-refractivity contribution in [2.75, 3.05) is 18.8 Å². The molecule has 90 valence electrons. The van der Waals surface area contributed by atoms with Crippen molar-refractivity contribution in [1.29, 1.82) is 0 Å². The van der Waals surface area contributed by atoms with Crippen LogP contribution in [0.1, 0.15) is 23.5 Å². The minimum absolute atomic E-state index is 0.00417. The number of nitrogens with two attached hydrogens (primary N) is 1. The fourth-order valence-corrected chi connectivity index (χ4v) is 2.80. The van der Waals surface area contributed by atoms with Gasteiger partial charge in [0.25, 0.3) is 5.91 Å². The smallest absolute Gasteiger partial charge is 0.266 e. The van der Waals surface area contributed by atoms with Crippen LogP contribution in [0, 0.1) is 0 Å². The summed E-state index contributed by atoms with van der Waals surface area (Å²) in [6.45, 7) is 5.30. The number of nitrogen functional groups attached to an aromatic ring is 1. The van der Waals surface area contributed by atoms with E-state index < -0.39 is 0 Å². The Kier molecular flexibility index (Phi) is 3.28. The summed E-state index contributed by atoms with van der Waals surface area (Å²) in [5, 5.41) is 0.869. The monoisotopic (exact) mass is 249 g/mol. The van der Waals surface area contributed by atoms with Crippen LogP contribution < -0.4 is 5.73 Å². The van der Waals surface area contributed by atoms with Crippen molar-refractivity contribution < 1.29 is 4.79 Å². The van der Waals surface area contributed by atoms with E-state index in [0.717, 1.165) is 10.2 Å². The predicted octanol–water partition coefficient (Wildman–Crippen LogP) is 2.36. The minimum atomic E-state index is -0.00417. The van der Waals surface area contributed by atoms with Gasteiger partial charge in [0.05, 0.1) is 5.69 Å². The van der Waals surface area contributed by atoms with E-state index in [2.05, 4.69) is 4.98 Å². The van der Waals surface area contributed by atoms with Crippen molar-refractivity contribution in [3.8, 4) is 0 Å². The third kappa shape index (κ3) is 1.98. The molecule has 0 radical (unpaired) electrons. The van der Waals surface area contributed by atoms with E-state index >= 15 is 0 Å². The molecular weight excluding hydrogens is 234 g/mol. The van der Waals surface area contributed by atoms with Crippen LogP contribution in [0.5, 0.6) is 0 Å². The SMILES string of the molecule is CCN(CC)C(=O)c1sc2ncccc2c1N. The third-order valence-electron chi connectivity index (χ3n) is 2.75. The van der Waals surface area contributed by atoms with Crippen LogP contribution in [0.15, 0.2) is 18.3 Å². The van der Waals surface area contributed by atoms with Gasteiger partial charge in [-0.2, -0.15) is 0 Å². The van der Waals surface area contributed by atoms with E-state index in [9.17, 15) is 4.79 Å². The number of carbonyl (C=O) groups excluding carboxylic acids is 1. The van der Waals surface area contributed by atoms with Crippen LogP contribution >= 0.6 is 11.3 Å². The highest BCUT2D eigenvalue weighted by atomic mass is 32.1. The predicted molar refractivity (Wildman–Crippen MR) is 71.3 cm³/mol. The van der Waals surface area contributed by atoms with Gasteiger partial charge < -0.3 is 10.6 Å². The van der Waals surface area contributed by atoms with Gasteiger partial charge in [-0.3, -0.25) is 4.79 Å². The lowest BCUT2D eigenvalue weighted by molar-refractivity contribution is 0.0779. The molecule has 0 aromatic carbocycles. The van der Waals surface area contributed by atoms with Gasteiger partial charge in [0, 0.05) is 24.7 Å². The highest BCUT2D eigenvalue weighted by molar-refractivity contribution is 7.21. The first kappa shape index (κ1) is 11.9. The zero-order chi connectivity index (χ0) is 12.4. The molecule has 0 atom stereocenters. The molecule has 0 bridgehead atoms. The van der Waals surface area contributed by atoms with E-state index in [-0.39, 0.29) is 5.91 Å². The summed E-state index contributed by atoms with van der Waals surface area (Å²) in [6.07, 6.45) is 1.71. The van der Waals surface area contributed by atoms with Gasteiger partial charge in [-0.15, -0.1) is 11.3 Å². The molecule has 0 saturated carbocycles. The highest BCUT2D eigenvalue weighted by Gasteiger charge is 2.20. The summed E-state index contributed by atoms with van der Waals surface area (Å²) < 4.78 is 0. The number of aromatic nitrogens is 1. The van der Waals surface area contributed by atoms with Crippen molar-refractivity contribution in [3.63, 3.8) is 0 Å². The molecule has 2 N–H and O–H groups in total. The fourth-order valence-electron chi connectivity index (χ4n) is 1.76. The molecule has 0 saturated heterocycles. The largest absolute Gasteiger partial charge is 0.397 e. The van der Waals surface area contributed by atoms with E-state index in [1.807, 2.05) is 26.0 Å². The summed E-state index contributed by atoms with van der Waals surface area (Å²) in [5.74, 6) is -0.00417. The van der Waals surface area contributed by atoms with Gasteiger partial charge in [-0.1, -0.05) is 0 Å². The molecule has 17 heavy (non-hydrogen) atoms. The van der Waals surface area contributed by atoms with E-state index in [1.165, 1.54) is 11.3 Å². The summed E-state index contributed by atoms with van der Waals surface area (Å²) in [4.78, 5) is 19.6. The van der Waals surface area contributed by atoms with Crippen molar-refractivity contribution in [3.05, 3.63) is 23.2 Å². The quantitative estimate of drug-likeness (QED) is 0.908. The second-order valence-electron chi connectivity index (χ2n) is 3.68. The fraction of sp³-hybridized carbons (Fsp3) is 0.333. The maximum Gasteiger partial charge on any atom is 0.266 e. The molecule has 1 amide bonds. The average Bonchev–Trinajstić information content (AvgIpc) is 2.69. The average molecular weight is 249 g/mol. The Morgan fingerprint density at radius 1 is 1.47 bits per heavy atom. The molecule has 2 rings (SSSR count). The first-order valence-electron chi connectivity index (χ1n) is 5.61. The molecule has 4 nitrogen and oxygen atoms in total. The van der Waals surface area contributed by atoms with Crippen molar-refractivity contribution >= 4 is 33.1 Å². The lowest BCUT2D eigenvalue weighted by Gasteiger charge is -2.17. The lowest BCUT2D eigenvalue weighted by atomic mass is 10.2. The number of pyridine rings is 1. The van der Waals surface area contributed by atoms with Crippen LogP contribution in [0.3, 0.4) is 0 Å². The summed E-state index contributed by atoms with van der Waals surface area (Å²) in [7, 11) is 0. The number of rotatable bonds is 3. The van der Waals surface area contributed by atoms with Crippen LogP contribution in [-0.2, 0) is 0 Å². The topological polar surface area (TPSA) is 59.2 Å². The van der Waals surface area contributed by atoms with Crippen LogP contribution in [0.25, 0.3) is 10.2 Å². The molecule has 5 heteroatoms. The van der Waals surface area contributed by atoms with E-state index in [4.69, 9.17) is 5.73 Å². The van der Waals surface area contributed by atoms with Gasteiger partial charge in [0.2, 0.25) is 0 Å². The number of nitrogens with zero attached hydrogens (tertiary/aromatic N) is 2. The Labute approximate surface area is 104 Å². The Hall–Kier alpha value is -1.62. The van der Waals surface area contributed by atoms with Gasteiger partial charge in [0.1, 0.15) is 9.71 Å². The molecule has 0 aliphatic rings. The number of fused-ring (bicyclic) bond motifs is 1. The van der Waals surface area contributed by atoms with Crippen LogP contribution in [-0.4, -0.2) is 28.9 Å². The number of amides is 1. The number of thiophene rings is 1. The molecule has 0 spiro atoms. The van der Waals surface area contributed by atoms with Gasteiger partial charge in [0.15, 0.2) is 0 Å². The second kappa shape index (κ2) is 4.71. The molecule has 0 aliphatic carbocycles. The molecule has 2 heterocycles. The zero-order valence-electron chi connectivity index (χ0n) is 9.93. The third-order valence-corrected chi connectivity index (χ3v) is 3.87. The normalized spacial score (nSPS) is 10.7. The Morgan fingerprint density at radius 3 is 2.76 bits per heavy atom. The van der Waals surface area contributed by atoms with Gasteiger partial charge in [-0.25, -0.2) is 4.98 Å². The molecule has 0 fully saturated rings. The summed E-state index contributed by atoms with van der Waals surface area (Å²) in [6, 6.07) is 3.73. The Balaban J connectivity index is 2.49. The van der Waals surface area contributed by atoms with Crippen molar-refractivity contribution in [1.82, 2.24) is 9.88 Å². The number of anilines is 1. The zero-order valence-corrected chi connectivity index (χ0v) is 10.8. The van der Waals surface area contributed by atoms with Crippen molar-refractivity contribution in [2.45, 2.75) is 13.8 Å². The number of hydrogen-bond donors (Lipinski definition) is 1. The highest BCUT2D eigenvalue weighted by Crippen LogP contribution is 2.32. The van der Waals surface area contributed by atoms with E-state index in [0.29, 0.717) is 23.7 Å². The van der Waals surface area contributed by atoms with E-state index in [1.54, 1.807) is 11.1 Å². The molecule has 2 aromatic heterocycles. The molecule has 2 aromatic rings. The van der Waals surface area contributed by atoms with Gasteiger partial charge in [-0.05, 0) is 26.0 Å². The first-order chi connectivity index (χ1) is 8.19. The van der Waals surface area contributed by atoms with Crippen molar-refractivity contribution in [2.24, 2.45) is 0 Å².